The lowest BCUT2D eigenvalue weighted by Crippen LogP contribution is -2.55. The van der Waals surface area contributed by atoms with Crippen LogP contribution < -0.4 is 11.3 Å². The maximum atomic E-state index is 5.84. The third-order valence-electron chi connectivity index (χ3n) is 4.12. The van der Waals surface area contributed by atoms with Gasteiger partial charge >= 0.3 is 0 Å². The van der Waals surface area contributed by atoms with E-state index in [1.807, 2.05) is 6.07 Å². The van der Waals surface area contributed by atoms with Crippen LogP contribution in [0.4, 0.5) is 0 Å². The van der Waals surface area contributed by atoms with Crippen molar-refractivity contribution in [1.29, 1.82) is 0 Å². The maximum Gasteiger partial charge on any atom is 0.0641 e. The number of likely N-dealkylation sites (N-methyl/N-ethyl adjacent to an activating group) is 1. The van der Waals surface area contributed by atoms with Crippen molar-refractivity contribution in [3.05, 3.63) is 35.9 Å². The second-order valence-corrected chi connectivity index (χ2v) is 4.89. The fourth-order valence-electron chi connectivity index (χ4n) is 2.84. The maximum absolute atomic E-state index is 5.84. The molecular weight excluding hydrogens is 222 g/mol. The summed E-state index contributed by atoms with van der Waals surface area (Å²) in [5.74, 6) is 5.84. The minimum atomic E-state index is 0.0274. The van der Waals surface area contributed by atoms with Crippen LogP contribution in [0.2, 0.25) is 0 Å². The van der Waals surface area contributed by atoms with E-state index in [0.29, 0.717) is 0 Å². The second kappa shape index (κ2) is 6.88. The Balaban J connectivity index is 3.11. The summed E-state index contributed by atoms with van der Waals surface area (Å²) >= 11 is 0. The molecule has 1 aromatic rings. The molecule has 1 rings (SSSR count). The number of hydrazine groups is 1. The van der Waals surface area contributed by atoms with Crippen LogP contribution >= 0.6 is 0 Å². The summed E-state index contributed by atoms with van der Waals surface area (Å²) in [6.07, 6.45) is 1.05. The van der Waals surface area contributed by atoms with Crippen LogP contribution in [0.1, 0.15) is 45.7 Å². The predicted molar refractivity (Wildman–Crippen MR) is 78.1 cm³/mol. The Hall–Kier alpha value is -0.900. The van der Waals surface area contributed by atoms with Gasteiger partial charge in [0.2, 0.25) is 0 Å². The van der Waals surface area contributed by atoms with Crippen molar-refractivity contribution >= 4 is 0 Å². The van der Waals surface area contributed by atoms with Crippen molar-refractivity contribution in [2.24, 2.45) is 5.84 Å². The molecule has 0 aliphatic heterocycles. The van der Waals surface area contributed by atoms with Crippen LogP contribution in [0.5, 0.6) is 0 Å². The summed E-state index contributed by atoms with van der Waals surface area (Å²) < 4.78 is 0. The highest BCUT2D eigenvalue weighted by molar-refractivity contribution is 5.23. The van der Waals surface area contributed by atoms with Gasteiger partial charge in [-0.2, -0.15) is 0 Å². The number of rotatable bonds is 7. The first kappa shape index (κ1) is 15.2. The molecule has 3 N–H and O–H groups in total. The first-order valence-electron chi connectivity index (χ1n) is 6.90. The van der Waals surface area contributed by atoms with Gasteiger partial charge in [-0.15, -0.1) is 0 Å². The topological polar surface area (TPSA) is 41.3 Å². The van der Waals surface area contributed by atoms with Crippen molar-refractivity contribution in [2.45, 2.75) is 45.7 Å². The molecule has 1 aromatic carbocycles. The predicted octanol–water partition coefficient (Wildman–Crippen LogP) is 2.70. The molecule has 2 unspecified atom stereocenters. The molecule has 2 atom stereocenters. The Morgan fingerprint density at radius 1 is 1.17 bits per heavy atom. The standard InChI is InChI=1S/C15H27N3/c1-5-15(4,18(6-2)7-3)14(17-16)13-11-9-8-10-12-13/h8-12,14,17H,5-7,16H2,1-4H3. The highest BCUT2D eigenvalue weighted by Gasteiger charge is 2.37. The van der Waals surface area contributed by atoms with E-state index in [4.69, 9.17) is 5.84 Å². The summed E-state index contributed by atoms with van der Waals surface area (Å²) in [7, 11) is 0. The summed E-state index contributed by atoms with van der Waals surface area (Å²) in [6, 6.07) is 10.6. The van der Waals surface area contributed by atoms with E-state index in [1.54, 1.807) is 0 Å². The molecule has 3 heteroatoms. The largest absolute Gasteiger partial charge is 0.297 e. The third-order valence-corrected chi connectivity index (χ3v) is 4.12. The zero-order valence-electron chi connectivity index (χ0n) is 12.1. The highest BCUT2D eigenvalue weighted by Crippen LogP contribution is 2.33. The van der Waals surface area contributed by atoms with Gasteiger partial charge in [0.1, 0.15) is 0 Å². The van der Waals surface area contributed by atoms with Gasteiger partial charge in [0.25, 0.3) is 0 Å². The zero-order valence-corrected chi connectivity index (χ0v) is 12.1. The average molecular weight is 249 g/mol. The van der Waals surface area contributed by atoms with E-state index < -0.39 is 0 Å². The molecule has 0 heterocycles. The summed E-state index contributed by atoms with van der Waals surface area (Å²) in [5.41, 5.74) is 4.29. The van der Waals surface area contributed by atoms with E-state index in [-0.39, 0.29) is 11.6 Å². The third kappa shape index (κ3) is 2.91. The molecule has 3 nitrogen and oxygen atoms in total. The summed E-state index contributed by atoms with van der Waals surface area (Å²) in [5, 5.41) is 0. The quantitative estimate of drug-likeness (QED) is 0.576. The number of hydrogen-bond acceptors (Lipinski definition) is 3. The molecule has 0 radical (unpaired) electrons. The normalized spacial score (nSPS) is 16.6. The first-order valence-corrected chi connectivity index (χ1v) is 6.90. The molecule has 0 amide bonds. The van der Waals surface area contributed by atoms with Gasteiger partial charge < -0.3 is 0 Å². The molecule has 0 fully saturated rings. The van der Waals surface area contributed by atoms with Crippen LogP contribution in [0, 0.1) is 0 Å². The lowest BCUT2D eigenvalue weighted by molar-refractivity contribution is 0.0698. The SMILES string of the molecule is CCN(CC)C(C)(CC)C(NN)c1ccccc1. The fourth-order valence-corrected chi connectivity index (χ4v) is 2.84. The molecule has 18 heavy (non-hydrogen) atoms. The smallest absolute Gasteiger partial charge is 0.0641 e. The summed E-state index contributed by atoms with van der Waals surface area (Å²) in [4.78, 5) is 2.48. The number of nitrogens with two attached hydrogens (primary N) is 1. The van der Waals surface area contributed by atoms with E-state index in [9.17, 15) is 0 Å². The molecule has 0 aliphatic rings. The molecule has 0 bridgehead atoms. The van der Waals surface area contributed by atoms with Crippen LogP contribution in [0.25, 0.3) is 0 Å². The lowest BCUT2D eigenvalue weighted by Gasteiger charge is -2.45. The van der Waals surface area contributed by atoms with Crippen LogP contribution in [0.3, 0.4) is 0 Å². The second-order valence-electron chi connectivity index (χ2n) is 4.89. The van der Waals surface area contributed by atoms with Crippen LogP contribution in [-0.4, -0.2) is 23.5 Å². The van der Waals surface area contributed by atoms with Gasteiger partial charge in [-0.1, -0.05) is 51.1 Å². The molecule has 0 spiro atoms. The average Bonchev–Trinajstić information content (AvgIpc) is 2.42. The highest BCUT2D eigenvalue weighted by atomic mass is 15.3. The molecule has 0 saturated heterocycles. The van der Waals surface area contributed by atoms with Crippen LogP contribution in [0.15, 0.2) is 30.3 Å². The van der Waals surface area contributed by atoms with Crippen molar-refractivity contribution in [1.82, 2.24) is 10.3 Å². The van der Waals surface area contributed by atoms with Crippen molar-refractivity contribution in [2.75, 3.05) is 13.1 Å². The molecule has 0 saturated carbocycles. The van der Waals surface area contributed by atoms with Gasteiger partial charge in [-0.3, -0.25) is 16.2 Å². The Labute approximate surface area is 111 Å². The number of nitrogens with one attached hydrogen (secondary N) is 1. The van der Waals surface area contributed by atoms with Crippen LogP contribution in [-0.2, 0) is 0 Å². The van der Waals surface area contributed by atoms with Gasteiger partial charge in [0.05, 0.1) is 6.04 Å². The van der Waals surface area contributed by atoms with Gasteiger partial charge in [0, 0.05) is 5.54 Å². The van der Waals surface area contributed by atoms with Crippen molar-refractivity contribution in [3.63, 3.8) is 0 Å². The summed E-state index contributed by atoms with van der Waals surface area (Å²) in [6.45, 7) is 11.0. The van der Waals surface area contributed by atoms with E-state index in [2.05, 4.69) is 62.3 Å². The fraction of sp³-hybridized carbons (Fsp3) is 0.600. The zero-order chi connectivity index (χ0) is 13.6. The van der Waals surface area contributed by atoms with Gasteiger partial charge in [-0.05, 0) is 32.0 Å². The molecule has 0 aliphatic carbocycles. The molecular formula is C15H27N3. The van der Waals surface area contributed by atoms with Crippen molar-refractivity contribution < 1.29 is 0 Å². The Morgan fingerprint density at radius 3 is 2.11 bits per heavy atom. The minimum absolute atomic E-state index is 0.0274. The number of benzene rings is 1. The molecule has 102 valence electrons. The van der Waals surface area contributed by atoms with Crippen molar-refractivity contribution in [3.8, 4) is 0 Å². The minimum Gasteiger partial charge on any atom is -0.297 e. The molecule has 0 aromatic heterocycles. The number of hydrogen-bond donors (Lipinski definition) is 2. The lowest BCUT2D eigenvalue weighted by atomic mass is 9.83. The number of nitrogens with zero attached hydrogens (tertiary/aromatic N) is 1. The van der Waals surface area contributed by atoms with Gasteiger partial charge in [0.15, 0.2) is 0 Å². The van der Waals surface area contributed by atoms with Gasteiger partial charge in [-0.25, -0.2) is 0 Å². The Kier molecular flexibility index (Phi) is 5.79. The van der Waals surface area contributed by atoms with E-state index in [1.165, 1.54) is 5.56 Å². The Bertz CT molecular complexity index is 335. The Morgan fingerprint density at radius 2 is 1.72 bits per heavy atom. The van der Waals surface area contributed by atoms with E-state index >= 15 is 0 Å². The van der Waals surface area contributed by atoms with E-state index in [0.717, 1.165) is 19.5 Å². The first-order chi connectivity index (χ1) is 8.63. The monoisotopic (exact) mass is 249 g/mol.